The standard InChI is InChI=1S/C18H23N3O5S2/c1-2-26-17(23)11-21-14-8-7-13(28(19,24)25)10-15(14)27-18(21)20-16(22)9-12-5-3-4-6-12/h7-8,10,12H,2-6,9,11H2,1H3,(H2,19,24,25). The third-order valence-corrected chi connectivity index (χ3v) is 6.69. The summed E-state index contributed by atoms with van der Waals surface area (Å²) in [5.74, 6) is -0.330. The third kappa shape index (κ3) is 4.86. The van der Waals surface area contributed by atoms with Crippen molar-refractivity contribution in [3.05, 3.63) is 23.0 Å². The summed E-state index contributed by atoms with van der Waals surface area (Å²) in [5.41, 5.74) is 0.595. The summed E-state index contributed by atoms with van der Waals surface area (Å²) in [5, 5.41) is 5.20. The van der Waals surface area contributed by atoms with Crippen LogP contribution in [0.2, 0.25) is 0 Å². The first-order valence-corrected chi connectivity index (χ1v) is 11.5. The number of amides is 1. The average molecular weight is 426 g/mol. The fourth-order valence-corrected chi connectivity index (χ4v) is 5.12. The number of nitrogens with zero attached hydrogens (tertiary/aromatic N) is 2. The zero-order valence-corrected chi connectivity index (χ0v) is 17.2. The summed E-state index contributed by atoms with van der Waals surface area (Å²) in [6, 6.07) is 4.36. The molecule has 0 unspecified atom stereocenters. The smallest absolute Gasteiger partial charge is 0.326 e. The van der Waals surface area contributed by atoms with Crippen molar-refractivity contribution in [2.24, 2.45) is 16.0 Å². The molecule has 0 spiro atoms. The molecule has 0 bridgehead atoms. The molecule has 2 N–H and O–H groups in total. The van der Waals surface area contributed by atoms with Gasteiger partial charge in [-0.1, -0.05) is 24.2 Å². The number of esters is 1. The van der Waals surface area contributed by atoms with Crippen LogP contribution in [0.5, 0.6) is 0 Å². The van der Waals surface area contributed by atoms with Gasteiger partial charge in [-0.15, -0.1) is 0 Å². The van der Waals surface area contributed by atoms with Gasteiger partial charge in [0.2, 0.25) is 15.9 Å². The minimum Gasteiger partial charge on any atom is -0.465 e. The first-order chi connectivity index (χ1) is 13.3. The fraction of sp³-hybridized carbons (Fsp3) is 0.500. The van der Waals surface area contributed by atoms with E-state index in [1.54, 1.807) is 17.6 Å². The predicted molar refractivity (Wildman–Crippen MR) is 105 cm³/mol. The minimum atomic E-state index is -3.86. The number of hydrogen-bond donors (Lipinski definition) is 1. The Kier molecular flexibility index (Phi) is 6.31. The van der Waals surface area contributed by atoms with Crippen molar-refractivity contribution >= 4 is 43.5 Å². The number of carbonyl (C=O) groups is 2. The lowest BCUT2D eigenvalue weighted by molar-refractivity contribution is -0.143. The molecule has 3 rings (SSSR count). The Hall–Kier alpha value is -2.04. The summed E-state index contributed by atoms with van der Waals surface area (Å²) < 4.78 is 30.4. The van der Waals surface area contributed by atoms with Crippen molar-refractivity contribution in [2.45, 2.75) is 50.5 Å². The van der Waals surface area contributed by atoms with Gasteiger partial charge in [0, 0.05) is 6.42 Å². The van der Waals surface area contributed by atoms with Crippen LogP contribution in [0.1, 0.15) is 39.0 Å². The number of ether oxygens (including phenoxy) is 1. The Bertz CT molecular complexity index is 1060. The van der Waals surface area contributed by atoms with Crippen molar-refractivity contribution < 1.29 is 22.7 Å². The molecule has 152 valence electrons. The van der Waals surface area contributed by atoms with E-state index in [0.717, 1.165) is 37.0 Å². The maximum absolute atomic E-state index is 12.4. The first-order valence-electron chi connectivity index (χ1n) is 9.17. The third-order valence-electron chi connectivity index (χ3n) is 4.73. The molecule has 1 fully saturated rings. The molecule has 1 aromatic carbocycles. The van der Waals surface area contributed by atoms with Gasteiger partial charge in [0.1, 0.15) is 6.54 Å². The number of primary sulfonamides is 1. The highest BCUT2D eigenvalue weighted by atomic mass is 32.2. The fourth-order valence-electron chi connectivity index (χ4n) is 3.42. The van der Waals surface area contributed by atoms with Gasteiger partial charge in [0.25, 0.3) is 0 Å². The largest absolute Gasteiger partial charge is 0.465 e. The molecule has 1 saturated carbocycles. The Balaban J connectivity index is 2.03. The normalized spacial score (nSPS) is 16.0. The molecule has 1 aliphatic carbocycles. The minimum absolute atomic E-state index is 0.0339. The highest BCUT2D eigenvalue weighted by molar-refractivity contribution is 7.89. The molecule has 0 saturated heterocycles. The van der Waals surface area contributed by atoms with Gasteiger partial charge >= 0.3 is 5.97 Å². The van der Waals surface area contributed by atoms with Crippen molar-refractivity contribution in [2.75, 3.05) is 6.61 Å². The highest BCUT2D eigenvalue weighted by Crippen LogP contribution is 2.28. The second-order valence-electron chi connectivity index (χ2n) is 6.81. The van der Waals surface area contributed by atoms with E-state index in [1.807, 2.05) is 0 Å². The van der Waals surface area contributed by atoms with Crippen LogP contribution in [0.3, 0.4) is 0 Å². The van der Waals surface area contributed by atoms with Crippen molar-refractivity contribution in [3.63, 3.8) is 0 Å². The Labute approximate surface area is 167 Å². The van der Waals surface area contributed by atoms with E-state index in [-0.39, 0.29) is 24.0 Å². The molecule has 1 aromatic heterocycles. The van der Waals surface area contributed by atoms with Gasteiger partial charge in [-0.25, -0.2) is 13.6 Å². The van der Waals surface area contributed by atoms with Gasteiger partial charge in [-0.05, 0) is 43.9 Å². The number of carbonyl (C=O) groups excluding carboxylic acids is 2. The van der Waals surface area contributed by atoms with E-state index in [9.17, 15) is 18.0 Å². The van der Waals surface area contributed by atoms with E-state index in [1.165, 1.54) is 12.1 Å². The van der Waals surface area contributed by atoms with E-state index in [0.29, 0.717) is 27.4 Å². The van der Waals surface area contributed by atoms with Crippen LogP contribution in [0.4, 0.5) is 0 Å². The molecule has 10 heteroatoms. The molecule has 0 atom stereocenters. The number of nitrogens with two attached hydrogens (primary N) is 1. The van der Waals surface area contributed by atoms with Crippen LogP contribution in [0.15, 0.2) is 28.1 Å². The SMILES string of the molecule is CCOC(=O)Cn1c(=NC(=O)CC2CCCC2)sc2cc(S(N)(=O)=O)ccc21. The topological polar surface area (TPSA) is 121 Å². The Morgan fingerprint density at radius 3 is 2.68 bits per heavy atom. The van der Waals surface area contributed by atoms with E-state index in [2.05, 4.69) is 4.99 Å². The molecule has 28 heavy (non-hydrogen) atoms. The lowest BCUT2D eigenvalue weighted by Crippen LogP contribution is -2.23. The second-order valence-corrected chi connectivity index (χ2v) is 9.38. The van der Waals surface area contributed by atoms with E-state index < -0.39 is 16.0 Å². The van der Waals surface area contributed by atoms with Crippen LogP contribution < -0.4 is 9.94 Å². The molecule has 2 aromatic rings. The molecular formula is C18H23N3O5S2. The van der Waals surface area contributed by atoms with Crippen LogP contribution in [-0.4, -0.2) is 31.5 Å². The van der Waals surface area contributed by atoms with E-state index >= 15 is 0 Å². The van der Waals surface area contributed by atoms with Crippen LogP contribution in [-0.2, 0) is 30.9 Å². The van der Waals surface area contributed by atoms with Gasteiger partial charge in [0.05, 0.1) is 21.7 Å². The predicted octanol–water partition coefficient (Wildman–Crippen LogP) is 1.92. The number of fused-ring (bicyclic) bond motifs is 1. The summed E-state index contributed by atoms with van der Waals surface area (Å²) in [7, 11) is -3.86. The molecular weight excluding hydrogens is 402 g/mol. The number of thiazole rings is 1. The molecule has 1 amide bonds. The zero-order chi connectivity index (χ0) is 20.3. The molecule has 8 nitrogen and oxygen atoms in total. The van der Waals surface area contributed by atoms with Gasteiger partial charge < -0.3 is 9.30 Å². The zero-order valence-electron chi connectivity index (χ0n) is 15.6. The second kappa shape index (κ2) is 8.54. The quantitative estimate of drug-likeness (QED) is 0.709. The lowest BCUT2D eigenvalue weighted by Gasteiger charge is -2.06. The van der Waals surface area contributed by atoms with Crippen LogP contribution in [0.25, 0.3) is 10.2 Å². The number of benzene rings is 1. The number of sulfonamides is 1. The van der Waals surface area contributed by atoms with E-state index in [4.69, 9.17) is 9.88 Å². The van der Waals surface area contributed by atoms with Crippen molar-refractivity contribution in [1.82, 2.24) is 4.57 Å². The Morgan fingerprint density at radius 1 is 1.32 bits per heavy atom. The molecule has 0 radical (unpaired) electrons. The van der Waals surface area contributed by atoms with Gasteiger partial charge in [0.15, 0.2) is 4.80 Å². The molecule has 1 heterocycles. The van der Waals surface area contributed by atoms with Gasteiger partial charge in [-0.3, -0.25) is 9.59 Å². The van der Waals surface area contributed by atoms with Crippen molar-refractivity contribution in [1.29, 1.82) is 0 Å². The number of hydrogen-bond acceptors (Lipinski definition) is 6. The number of aromatic nitrogens is 1. The summed E-state index contributed by atoms with van der Waals surface area (Å²) in [6.07, 6.45) is 4.73. The van der Waals surface area contributed by atoms with Crippen LogP contribution in [0, 0.1) is 5.92 Å². The monoisotopic (exact) mass is 425 g/mol. The molecule has 0 aliphatic heterocycles. The van der Waals surface area contributed by atoms with Crippen LogP contribution >= 0.6 is 11.3 Å². The Morgan fingerprint density at radius 2 is 2.04 bits per heavy atom. The van der Waals surface area contributed by atoms with Crippen molar-refractivity contribution in [3.8, 4) is 0 Å². The summed E-state index contributed by atoms with van der Waals surface area (Å²) in [6.45, 7) is 1.84. The average Bonchev–Trinajstić information content (AvgIpc) is 3.22. The number of rotatable bonds is 6. The maximum atomic E-state index is 12.4. The summed E-state index contributed by atoms with van der Waals surface area (Å²) >= 11 is 1.15. The summed E-state index contributed by atoms with van der Waals surface area (Å²) in [4.78, 5) is 29.0. The highest BCUT2D eigenvalue weighted by Gasteiger charge is 2.19. The first kappa shape index (κ1) is 20.7. The molecule has 1 aliphatic rings. The lowest BCUT2D eigenvalue weighted by atomic mass is 10.0. The maximum Gasteiger partial charge on any atom is 0.326 e. The van der Waals surface area contributed by atoms with Gasteiger partial charge in [-0.2, -0.15) is 4.99 Å².